The summed E-state index contributed by atoms with van der Waals surface area (Å²) >= 11 is 0. The van der Waals surface area contributed by atoms with E-state index in [2.05, 4.69) is 25.2 Å². The summed E-state index contributed by atoms with van der Waals surface area (Å²) in [5.41, 5.74) is 2.13. The van der Waals surface area contributed by atoms with Crippen molar-refractivity contribution in [3.05, 3.63) is 54.0 Å². The van der Waals surface area contributed by atoms with Crippen LogP contribution in [-0.4, -0.2) is 47.1 Å². The lowest BCUT2D eigenvalue weighted by molar-refractivity contribution is 0.0932. The Labute approximate surface area is 163 Å². The minimum Gasteiger partial charge on any atom is -0.497 e. The van der Waals surface area contributed by atoms with Gasteiger partial charge < -0.3 is 15.0 Å². The van der Waals surface area contributed by atoms with Crippen LogP contribution in [0.1, 0.15) is 28.9 Å². The fourth-order valence-electron chi connectivity index (χ4n) is 3.59. The second-order valence-electron chi connectivity index (χ2n) is 6.99. The number of carbonyl (C=O) groups excluding carboxylic acids is 1. The number of hydrogen-bond donors (Lipinski definition) is 1. The van der Waals surface area contributed by atoms with E-state index in [4.69, 9.17) is 4.74 Å². The summed E-state index contributed by atoms with van der Waals surface area (Å²) in [6, 6.07) is 9.43. The topological polar surface area (TPSA) is 80.2 Å². The number of nitrogens with one attached hydrogen (secondary N) is 1. The SMILES string of the molecule is COc1ccc2cc(C(=O)N[C@H]3CCCN(c4ncccn4)C3)c(C)nc2c1. The van der Waals surface area contributed by atoms with Crippen molar-refractivity contribution in [1.82, 2.24) is 20.3 Å². The zero-order valence-corrected chi connectivity index (χ0v) is 16.1. The van der Waals surface area contributed by atoms with Gasteiger partial charge >= 0.3 is 0 Å². The summed E-state index contributed by atoms with van der Waals surface area (Å²) in [5.74, 6) is 1.37. The largest absolute Gasteiger partial charge is 0.497 e. The lowest BCUT2D eigenvalue weighted by Crippen LogP contribution is -2.48. The summed E-state index contributed by atoms with van der Waals surface area (Å²) in [6.07, 6.45) is 5.40. The van der Waals surface area contributed by atoms with E-state index in [0.29, 0.717) is 23.8 Å². The molecule has 3 aromatic rings. The molecule has 1 aliphatic heterocycles. The van der Waals surface area contributed by atoms with Gasteiger partial charge in [-0.05, 0) is 44.0 Å². The van der Waals surface area contributed by atoms with Crippen molar-refractivity contribution in [2.45, 2.75) is 25.8 Å². The van der Waals surface area contributed by atoms with E-state index in [1.165, 1.54) is 0 Å². The average molecular weight is 377 g/mol. The van der Waals surface area contributed by atoms with Crippen molar-refractivity contribution in [3.8, 4) is 5.75 Å². The normalized spacial score (nSPS) is 16.8. The number of ether oxygens (including phenoxy) is 1. The van der Waals surface area contributed by atoms with Crippen molar-refractivity contribution in [3.63, 3.8) is 0 Å². The van der Waals surface area contributed by atoms with Crippen LogP contribution in [0.2, 0.25) is 0 Å². The van der Waals surface area contributed by atoms with E-state index < -0.39 is 0 Å². The molecule has 1 saturated heterocycles. The Morgan fingerprint density at radius 2 is 2.07 bits per heavy atom. The van der Waals surface area contributed by atoms with Gasteiger partial charge in [-0.1, -0.05) is 0 Å². The minimum absolute atomic E-state index is 0.0519. The predicted octanol–water partition coefficient (Wildman–Crippen LogP) is 2.74. The molecule has 28 heavy (non-hydrogen) atoms. The van der Waals surface area contributed by atoms with Crippen LogP contribution in [0.5, 0.6) is 5.75 Å². The molecule has 1 fully saturated rings. The van der Waals surface area contributed by atoms with Gasteiger partial charge in [-0.2, -0.15) is 0 Å². The number of benzene rings is 1. The number of pyridine rings is 1. The third-order valence-corrected chi connectivity index (χ3v) is 5.05. The van der Waals surface area contributed by atoms with Crippen molar-refractivity contribution in [2.24, 2.45) is 0 Å². The monoisotopic (exact) mass is 377 g/mol. The van der Waals surface area contributed by atoms with Crippen molar-refractivity contribution >= 4 is 22.8 Å². The lowest BCUT2D eigenvalue weighted by atomic mass is 10.0. The van der Waals surface area contributed by atoms with Crippen molar-refractivity contribution < 1.29 is 9.53 Å². The fraction of sp³-hybridized carbons (Fsp3) is 0.333. The summed E-state index contributed by atoms with van der Waals surface area (Å²) < 4.78 is 5.25. The van der Waals surface area contributed by atoms with Gasteiger partial charge in [0.2, 0.25) is 5.95 Å². The van der Waals surface area contributed by atoms with E-state index in [1.807, 2.05) is 31.2 Å². The molecule has 0 spiro atoms. The highest BCUT2D eigenvalue weighted by Crippen LogP contribution is 2.22. The van der Waals surface area contributed by atoms with E-state index in [1.54, 1.807) is 25.6 Å². The third kappa shape index (κ3) is 3.74. The first-order chi connectivity index (χ1) is 13.6. The summed E-state index contributed by atoms with van der Waals surface area (Å²) in [6.45, 7) is 3.46. The van der Waals surface area contributed by atoms with Crippen LogP contribution in [0.3, 0.4) is 0 Å². The van der Waals surface area contributed by atoms with E-state index >= 15 is 0 Å². The molecule has 0 saturated carbocycles. The highest BCUT2D eigenvalue weighted by atomic mass is 16.5. The number of methoxy groups -OCH3 is 1. The number of amides is 1. The first-order valence-corrected chi connectivity index (χ1v) is 9.42. The molecule has 1 aromatic carbocycles. The van der Waals surface area contributed by atoms with Gasteiger partial charge in [0, 0.05) is 43.0 Å². The number of piperidine rings is 1. The van der Waals surface area contributed by atoms with Gasteiger partial charge in [-0.25, -0.2) is 9.97 Å². The molecule has 0 bridgehead atoms. The summed E-state index contributed by atoms with van der Waals surface area (Å²) in [4.78, 5) is 28.3. The summed E-state index contributed by atoms with van der Waals surface area (Å²) in [5, 5.41) is 4.08. The maximum atomic E-state index is 12.9. The zero-order valence-electron chi connectivity index (χ0n) is 16.1. The first kappa shape index (κ1) is 18.2. The molecular weight excluding hydrogens is 354 g/mol. The van der Waals surface area contributed by atoms with Crippen LogP contribution in [0, 0.1) is 6.92 Å². The Hall–Kier alpha value is -3.22. The highest BCUT2D eigenvalue weighted by Gasteiger charge is 2.24. The predicted molar refractivity (Wildman–Crippen MR) is 108 cm³/mol. The molecular formula is C21H23N5O2. The second kappa shape index (κ2) is 7.80. The van der Waals surface area contributed by atoms with E-state index in [9.17, 15) is 4.79 Å². The van der Waals surface area contributed by atoms with Crippen molar-refractivity contribution in [2.75, 3.05) is 25.1 Å². The van der Waals surface area contributed by atoms with Gasteiger partial charge in [0.1, 0.15) is 5.75 Å². The van der Waals surface area contributed by atoms with Crippen LogP contribution in [-0.2, 0) is 0 Å². The maximum Gasteiger partial charge on any atom is 0.253 e. The highest BCUT2D eigenvalue weighted by molar-refractivity contribution is 5.99. The number of hydrogen-bond acceptors (Lipinski definition) is 6. The zero-order chi connectivity index (χ0) is 19.5. The molecule has 0 unspecified atom stereocenters. The molecule has 7 heteroatoms. The number of nitrogens with zero attached hydrogens (tertiary/aromatic N) is 4. The molecule has 1 amide bonds. The van der Waals surface area contributed by atoms with Crippen molar-refractivity contribution in [1.29, 1.82) is 0 Å². The Morgan fingerprint density at radius 3 is 2.86 bits per heavy atom. The number of carbonyl (C=O) groups is 1. The molecule has 144 valence electrons. The number of rotatable bonds is 4. The van der Waals surface area contributed by atoms with Crippen LogP contribution in [0.25, 0.3) is 10.9 Å². The standard InChI is InChI=1S/C21H23N5O2/c1-14-18(11-15-6-7-17(28-2)12-19(15)24-14)20(27)25-16-5-3-10-26(13-16)21-22-8-4-9-23-21/h4,6-9,11-12,16H,3,5,10,13H2,1-2H3,(H,25,27)/t16-/m0/s1. The number of fused-ring (bicyclic) bond motifs is 1. The minimum atomic E-state index is -0.0939. The summed E-state index contributed by atoms with van der Waals surface area (Å²) in [7, 11) is 1.63. The Kier molecular flexibility index (Phi) is 5.06. The van der Waals surface area contributed by atoms with Gasteiger partial charge in [-0.3, -0.25) is 9.78 Å². The molecule has 0 aliphatic carbocycles. The Morgan fingerprint density at radius 1 is 1.25 bits per heavy atom. The molecule has 4 rings (SSSR count). The van der Waals surface area contributed by atoms with Gasteiger partial charge in [0.15, 0.2) is 0 Å². The van der Waals surface area contributed by atoms with Crippen LogP contribution in [0.15, 0.2) is 42.7 Å². The Bertz CT molecular complexity index is 993. The van der Waals surface area contributed by atoms with Crippen LogP contribution < -0.4 is 15.0 Å². The number of anilines is 1. The van der Waals surface area contributed by atoms with Gasteiger partial charge in [0.05, 0.1) is 23.9 Å². The second-order valence-corrected chi connectivity index (χ2v) is 6.99. The maximum absolute atomic E-state index is 12.9. The molecule has 1 atom stereocenters. The fourth-order valence-corrected chi connectivity index (χ4v) is 3.59. The molecule has 3 heterocycles. The molecule has 2 aromatic heterocycles. The quantitative estimate of drug-likeness (QED) is 0.753. The van der Waals surface area contributed by atoms with E-state index in [-0.39, 0.29) is 11.9 Å². The van der Waals surface area contributed by atoms with Gasteiger partial charge in [-0.15, -0.1) is 0 Å². The number of aromatic nitrogens is 3. The lowest BCUT2D eigenvalue weighted by Gasteiger charge is -2.33. The molecule has 0 radical (unpaired) electrons. The average Bonchev–Trinajstić information content (AvgIpc) is 2.73. The van der Waals surface area contributed by atoms with Gasteiger partial charge in [0.25, 0.3) is 5.91 Å². The number of aryl methyl sites for hydroxylation is 1. The van der Waals surface area contributed by atoms with Crippen LogP contribution in [0.4, 0.5) is 5.95 Å². The molecule has 7 nitrogen and oxygen atoms in total. The van der Waals surface area contributed by atoms with E-state index in [0.717, 1.165) is 36.0 Å². The smallest absolute Gasteiger partial charge is 0.253 e. The molecule has 1 N–H and O–H groups in total. The third-order valence-electron chi connectivity index (χ3n) is 5.05. The first-order valence-electron chi connectivity index (χ1n) is 9.42. The Balaban J connectivity index is 1.50. The molecule has 1 aliphatic rings. The van der Waals surface area contributed by atoms with Crippen LogP contribution >= 0.6 is 0 Å².